The second kappa shape index (κ2) is 5.28. The van der Waals surface area contributed by atoms with Crippen molar-refractivity contribution in [3.63, 3.8) is 0 Å². The van der Waals surface area contributed by atoms with E-state index in [1.807, 2.05) is 25.5 Å². The van der Waals surface area contributed by atoms with Crippen LogP contribution >= 0.6 is 11.3 Å². The highest BCUT2D eigenvalue weighted by molar-refractivity contribution is 7.10. The largest absolute Gasteiger partial charge is 0.388 e. The van der Waals surface area contributed by atoms with Crippen molar-refractivity contribution in [2.24, 2.45) is 0 Å². The van der Waals surface area contributed by atoms with Crippen molar-refractivity contribution in [1.82, 2.24) is 9.97 Å². The summed E-state index contributed by atoms with van der Waals surface area (Å²) in [5, 5.41) is 6.41. The van der Waals surface area contributed by atoms with Crippen LogP contribution in [0.25, 0.3) is 11.3 Å². The molecule has 96 valence electrons. The zero-order valence-electron chi connectivity index (χ0n) is 10.7. The van der Waals surface area contributed by atoms with Crippen molar-refractivity contribution in [2.45, 2.75) is 6.42 Å². The topological polar surface area (TPSA) is 40.7 Å². The van der Waals surface area contributed by atoms with E-state index >= 15 is 0 Å². The van der Waals surface area contributed by atoms with Gasteiger partial charge in [0.25, 0.3) is 0 Å². The number of anilines is 1. The predicted molar refractivity (Wildman–Crippen MR) is 80.7 cm³/mol. The first kappa shape index (κ1) is 12.0. The van der Waals surface area contributed by atoms with E-state index in [0.29, 0.717) is 0 Å². The Bertz CT molecular complexity index is 656. The fourth-order valence-corrected chi connectivity index (χ4v) is 2.86. The van der Waals surface area contributed by atoms with Gasteiger partial charge in [0.1, 0.15) is 0 Å². The molecular formula is C15H15N3S. The fourth-order valence-electron chi connectivity index (χ4n) is 2.02. The van der Waals surface area contributed by atoms with E-state index in [1.54, 1.807) is 11.3 Å². The standard InChI is InChI=1S/C15H15N3S/c1-16-13-4-2-3-11(7-13)8-15-18-14(10-19-15)12-5-6-17-9-12/h2-7,9-10,16-17H,8H2,1H3. The molecule has 0 fully saturated rings. The normalized spacial score (nSPS) is 10.6. The highest BCUT2D eigenvalue weighted by atomic mass is 32.1. The van der Waals surface area contributed by atoms with Gasteiger partial charge in [0.2, 0.25) is 0 Å². The van der Waals surface area contributed by atoms with Gasteiger partial charge in [-0.05, 0) is 23.8 Å². The molecule has 2 aromatic heterocycles. The fraction of sp³-hybridized carbons (Fsp3) is 0.133. The Kier molecular flexibility index (Phi) is 3.33. The van der Waals surface area contributed by atoms with Gasteiger partial charge in [0.05, 0.1) is 10.7 Å². The maximum atomic E-state index is 4.68. The molecule has 3 rings (SSSR count). The monoisotopic (exact) mass is 269 g/mol. The van der Waals surface area contributed by atoms with Crippen molar-refractivity contribution in [2.75, 3.05) is 12.4 Å². The lowest BCUT2D eigenvalue weighted by atomic mass is 10.1. The van der Waals surface area contributed by atoms with E-state index < -0.39 is 0 Å². The van der Waals surface area contributed by atoms with E-state index in [-0.39, 0.29) is 0 Å². The van der Waals surface area contributed by atoms with Gasteiger partial charge in [-0.1, -0.05) is 12.1 Å². The number of nitrogens with zero attached hydrogens (tertiary/aromatic N) is 1. The average Bonchev–Trinajstić information content (AvgIpc) is 3.09. The van der Waals surface area contributed by atoms with E-state index in [0.717, 1.165) is 28.4 Å². The first-order chi connectivity index (χ1) is 9.35. The van der Waals surface area contributed by atoms with Crippen molar-refractivity contribution < 1.29 is 0 Å². The van der Waals surface area contributed by atoms with Gasteiger partial charge in [0, 0.05) is 42.5 Å². The average molecular weight is 269 g/mol. The third-order valence-corrected chi connectivity index (χ3v) is 3.87. The molecule has 0 unspecified atom stereocenters. The number of hydrogen-bond acceptors (Lipinski definition) is 3. The minimum absolute atomic E-state index is 0.880. The zero-order valence-corrected chi connectivity index (χ0v) is 11.5. The van der Waals surface area contributed by atoms with Gasteiger partial charge in [-0.25, -0.2) is 4.98 Å². The third kappa shape index (κ3) is 2.69. The Labute approximate surface area is 116 Å². The molecule has 0 aliphatic heterocycles. The molecule has 0 amide bonds. The molecule has 0 radical (unpaired) electrons. The van der Waals surface area contributed by atoms with Crippen LogP contribution in [0.5, 0.6) is 0 Å². The molecule has 0 atom stereocenters. The van der Waals surface area contributed by atoms with Crippen LogP contribution < -0.4 is 5.32 Å². The minimum atomic E-state index is 0.880. The van der Waals surface area contributed by atoms with Gasteiger partial charge >= 0.3 is 0 Å². The van der Waals surface area contributed by atoms with Gasteiger partial charge in [-0.15, -0.1) is 11.3 Å². The molecule has 4 heteroatoms. The van der Waals surface area contributed by atoms with Crippen LogP contribution in [0.15, 0.2) is 48.1 Å². The molecule has 1 aromatic carbocycles. The Hall–Kier alpha value is -2.07. The number of aromatic nitrogens is 2. The zero-order chi connectivity index (χ0) is 13.1. The minimum Gasteiger partial charge on any atom is -0.388 e. The van der Waals surface area contributed by atoms with Crippen molar-refractivity contribution in [3.05, 3.63) is 58.7 Å². The molecule has 0 aliphatic carbocycles. The molecule has 0 saturated heterocycles. The maximum Gasteiger partial charge on any atom is 0.0976 e. The van der Waals surface area contributed by atoms with Crippen LogP contribution in [0, 0.1) is 0 Å². The van der Waals surface area contributed by atoms with Crippen LogP contribution in [-0.4, -0.2) is 17.0 Å². The number of aromatic amines is 1. The number of thiazole rings is 1. The van der Waals surface area contributed by atoms with Gasteiger partial charge < -0.3 is 10.3 Å². The number of benzene rings is 1. The second-order valence-electron chi connectivity index (χ2n) is 4.35. The lowest BCUT2D eigenvalue weighted by Crippen LogP contribution is -1.91. The molecule has 19 heavy (non-hydrogen) atoms. The first-order valence-corrected chi connectivity index (χ1v) is 7.07. The summed E-state index contributed by atoms with van der Waals surface area (Å²) in [6.45, 7) is 0. The Morgan fingerprint density at radius 3 is 3.05 bits per heavy atom. The number of hydrogen-bond donors (Lipinski definition) is 2. The Morgan fingerprint density at radius 1 is 1.32 bits per heavy atom. The highest BCUT2D eigenvalue weighted by Gasteiger charge is 2.06. The van der Waals surface area contributed by atoms with E-state index in [2.05, 4.69) is 44.9 Å². The predicted octanol–water partition coefficient (Wildman–Crippen LogP) is 3.77. The van der Waals surface area contributed by atoms with Gasteiger partial charge in [0.15, 0.2) is 0 Å². The first-order valence-electron chi connectivity index (χ1n) is 6.19. The lowest BCUT2D eigenvalue weighted by molar-refractivity contribution is 1.14. The lowest BCUT2D eigenvalue weighted by Gasteiger charge is -2.02. The highest BCUT2D eigenvalue weighted by Crippen LogP contribution is 2.23. The number of H-pyrrole nitrogens is 1. The summed E-state index contributed by atoms with van der Waals surface area (Å²) in [5.74, 6) is 0. The summed E-state index contributed by atoms with van der Waals surface area (Å²) < 4.78 is 0. The van der Waals surface area contributed by atoms with Crippen LogP contribution in [0.2, 0.25) is 0 Å². The SMILES string of the molecule is CNc1cccc(Cc2nc(-c3cc[nH]c3)cs2)c1. The molecule has 3 nitrogen and oxygen atoms in total. The molecule has 3 aromatic rings. The Balaban J connectivity index is 1.80. The smallest absolute Gasteiger partial charge is 0.0976 e. The van der Waals surface area contributed by atoms with Crippen molar-refractivity contribution >= 4 is 17.0 Å². The molecule has 0 bridgehead atoms. The molecule has 0 aliphatic rings. The third-order valence-electron chi connectivity index (χ3n) is 3.02. The summed E-state index contributed by atoms with van der Waals surface area (Å²) in [7, 11) is 1.94. The second-order valence-corrected chi connectivity index (χ2v) is 5.30. The van der Waals surface area contributed by atoms with Crippen LogP contribution in [0.4, 0.5) is 5.69 Å². The summed E-state index contributed by atoms with van der Waals surface area (Å²) in [5.41, 5.74) is 4.61. The van der Waals surface area contributed by atoms with Crippen LogP contribution in [0.1, 0.15) is 10.6 Å². The molecule has 2 heterocycles. The summed E-state index contributed by atoms with van der Waals surface area (Å²) >= 11 is 1.71. The molecule has 2 N–H and O–H groups in total. The molecule has 0 saturated carbocycles. The quantitative estimate of drug-likeness (QED) is 0.757. The molecular weight excluding hydrogens is 254 g/mol. The van der Waals surface area contributed by atoms with Crippen molar-refractivity contribution in [3.8, 4) is 11.3 Å². The van der Waals surface area contributed by atoms with Gasteiger partial charge in [-0.2, -0.15) is 0 Å². The van der Waals surface area contributed by atoms with E-state index in [9.17, 15) is 0 Å². The Morgan fingerprint density at radius 2 is 2.26 bits per heavy atom. The number of nitrogens with one attached hydrogen (secondary N) is 2. The van der Waals surface area contributed by atoms with E-state index in [4.69, 9.17) is 0 Å². The molecule has 0 spiro atoms. The van der Waals surface area contributed by atoms with Crippen LogP contribution in [-0.2, 0) is 6.42 Å². The summed E-state index contributed by atoms with van der Waals surface area (Å²) in [6, 6.07) is 10.5. The van der Waals surface area contributed by atoms with Crippen LogP contribution in [0.3, 0.4) is 0 Å². The van der Waals surface area contributed by atoms with Gasteiger partial charge in [-0.3, -0.25) is 0 Å². The summed E-state index contributed by atoms with van der Waals surface area (Å²) in [6.07, 6.45) is 4.77. The number of rotatable bonds is 4. The van der Waals surface area contributed by atoms with E-state index in [1.165, 1.54) is 5.56 Å². The summed E-state index contributed by atoms with van der Waals surface area (Å²) in [4.78, 5) is 7.74. The van der Waals surface area contributed by atoms with Crippen molar-refractivity contribution in [1.29, 1.82) is 0 Å². The maximum absolute atomic E-state index is 4.68.